The van der Waals surface area contributed by atoms with Crippen molar-refractivity contribution in [3.63, 3.8) is 0 Å². The zero-order chi connectivity index (χ0) is 29.4. The van der Waals surface area contributed by atoms with Crippen LogP contribution in [0.5, 0.6) is 5.75 Å². The number of likely N-dealkylation sites (tertiary alicyclic amines) is 1. The predicted octanol–water partition coefficient (Wildman–Crippen LogP) is 4.43. The van der Waals surface area contributed by atoms with Gasteiger partial charge in [0.2, 0.25) is 5.91 Å². The molecule has 5 heterocycles. The summed E-state index contributed by atoms with van der Waals surface area (Å²) >= 11 is 6.34. The lowest BCUT2D eigenvalue weighted by molar-refractivity contribution is -0.138. The number of rotatable bonds is 5. The number of aromatic nitrogens is 3. The van der Waals surface area contributed by atoms with Gasteiger partial charge in [0.25, 0.3) is 0 Å². The molecule has 220 valence electrons. The Morgan fingerprint density at radius 2 is 2.02 bits per heavy atom. The number of imidazole rings is 1. The molecule has 11 heteroatoms. The minimum Gasteiger partial charge on any atom is -0.488 e. The minimum absolute atomic E-state index is 0.0786. The van der Waals surface area contributed by atoms with Gasteiger partial charge in [-0.05, 0) is 44.4 Å². The van der Waals surface area contributed by atoms with Crippen LogP contribution in [0.4, 0.5) is 4.79 Å². The van der Waals surface area contributed by atoms with Crippen LogP contribution >= 0.6 is 11.6 Å². The summed E-state index contributed by atoms with van der Waals surface area (Å²) in [7, 11) is 0. The zero-order valence-electron chi connectivity index (χ0n) is 23.9. The van der Waals surface area contributed by atoms with Crippen molar-refractivity contribution in [3.05, 3.63) is 88.9 Å². The summed E-state index contributed by atoms with van der Waals surface area (Å²) in [6, 6.07) is 8.54. The van der Waals surface area contributed by atoms with Crippen molar-refractivity contribution in [2.24, 2.45) is 5.92 Å². The second-order valence-corrected chi connectivity index (χ2v) is 11.8. The molecule has 3 atom stereocenters. The Kier molecular flexibility index (Phi) is 7.92. The topological polar surface area (TPSA) is 93.0 Å². The van der Waals surface area contributed by atoms with E-state index >= 15 is 0 Å². The molecule has 10 nitrogen and oxygen atoms in total. The number of carbonyl (C=O) groups is 2. The molecule has 0 aliphatic carbocycles. The van der Waals surface area contributed by atoms with E-state index in [0.29, 0.717) is 56.0 Å². The highest BCUT2D eigenvalue weighted by molar-refractivity contribution is 6.30. The number of hydrogen-bond donors (Lipinski definition) is 0. The van der Waals surface area contributed by atoms with E-state index in [1.807, 2.05) is 54.7 Å². The maximum atomic E-state index is 14.2. The summed E-state index contributed by atoms with van der Waals surface area (Å²) in [6.07, 6.45) is 5.97. The molecule has 2 amide bonds. The van der Waals surface area contributed by atoms with Gasteiger partial charge in [-0.15, -0.1) is 0 Å². The molecule has 0 unspecified atom stereocenters. The zero-order valence-corrected chi connectivity index (χ0v) is 24.7. The largest absolute Gasteiger partial charge is 0.488 e. The van der Waals surface area contributed by atoms with Gasteiger partial charge in [-0.2, -0.15) is 0 Å². The Labute approximate surface area is 250 Å². The third-order valence-corrected chi connectivity index (χ3v) is 8.46. The molecule has 2 fully saturated rings. The van der Waals surface area contributed by atoms with Crippen molar-refractivity contribution in [3.8, 4) is 5.75 Å². The van der Waals surface area contributed by atoms with Crippen molar-refractivity contribution < 1.29 is 19.1 Å². The average molecular weight is 591 g/mol. The fourth-order valence-corrected chi connectivity index (χ4v) is 6.45. The summed E-state index contributed by atoms with van der Waals surface area (Å²) in [5.41, 5.74) is 3.75. The van der Waals surface area contributed by atoms with Gasteiger partial charge >= 0.3 is 6.09 Å². The fourth-order valence-electron chi connectivity index (χ4n) is 6.29. The van der Waals surface area contributed by atoms with Crippen molar-refractivity contribution in [1.29, 1.82) is 0 Å². The number of piperazine rings is 1. The van der Waals surface area contributed by atoms with Crippen LogP contribution in [0.1, 0.15) is 41.9 Å². The monoisotopic (exact) mass is 590 g/mol. The fraction of sp³-hybridized carbons (Fsp3) is 0.419. The van der Waals surface area contributed by atoms with E-state index in [-0.39, 0.29) is 17.7 Å². The lowest BCUT2D eigenvalue weighted by Crippen LogP contribution is -2.61. The molecule has 42 heavy (non-hydrogen) atoms. The number of carbonyl (C=O) groups excluding carboxylic acids is 2. The van der Waals surface area contributed by atoms with Crippen LogP contribution in [0.2, 0.25) is 5.02 Å². The number of ether oxygens (including phenoxy) is 2. The number of pyridine rings is 1. The Morgan fingerprint density at radius 3 is 2.81 bits per heavy atom. The molecule has 6 rings (SSSR count). The number of amides is 2. The Hall–Kier alpha value is -3.89. The standard InChI is InChI=1S/C31H35ClN6O4/c1-20(2)42-31(40)38-12-11-36(17-26(38)30(39)37-10-8-22(16-37)15-35-14-21(3)34-19-35)29-25-7-6-24(32)13-27(25)41-18-23-5-4-9-33-28(23)29/h4-7,9,13-14,19,22,26,29H,1,8,10-12,15-18H2,2-3H3/t22-,26-,29+/m0/s1. The lowest BCUT2D eigenvalue weighted by Gasteiger charge is -2.44. The quantitative estimate of drug-likeness (QED) is 0.406. The van der Waals surface area contributed by atoms with Crippen LogP contribution in [0.3, 0.4) is 0 Å². The number of aryl methyl sites for hydroxylation is 1. The van der Waals surface area contributed by atoms with Gasteiger partial charge in [-0.3, -0.25) is 19.6 Å². The third-order valence-electron chi connectivity index (χ3n) is 8.23. The maximum Gasteiger partial charge on any atom is 0.415 e. The first-order valence-corrected chi connectivity index (χ1v) is 14.7. The van der Waals surface area contributed by atoms with Gasteiger partial charge in [0, 0.05) is 67.8 Å². The molecule has 0 spiro atoms. The van der Waals surface area contributed by atoms with E-state index in [2.05, 4.69) is 21.0 Å². The summed E-state index contributed by atoms with van der Waals surface area (Å²) in [6.45, 7) is 10.9. The van der Waals surface area contributed by atoms with Crippen LogP contribution in [-0.2, 0) is 22.7 Å². The van der Waals surface area contributed by atoms with Gasteiger partial charge in [0.15, 0.2) is 0 Å². The van der Waals surface area contributed by atoms with E-state index in [1.165, 1.54) is 0 Å². The predicted molar refractivity (Wildman–Crippen MR) is 157 cm³/mol. The first-order chi connectivity index (χ1) is 20.3. The van der Waals surface area contributed by atoms with Crippen molar-refractivity contribution in [2.75, 3.05) is 32.7 Å². The molecule has 2 aromatic heterocycles. The van der Waals surface area contributed by atoms with Crippen LogP contribution < -0.4 is 4.74 Å². The number of allylic oxidation sites excluding steroid dienone is 1. The van der Waals surface area contributed by atoms with Crippen LogP contribution in [0.15, 0.2) is 61.4 Å². The van der Waals surface area contributed by atoms with E-state index < -0.39 is 12.1 Å². The lowest BCUT2D eigenvalue weighted by atomic mass is 9.96. The van der Waals surface area contributed by atoms with Crippen molar-refractivity contribution >= 4 is 23.6 Å². The number of hydrogen-bond acceptors (Lipinski definition) is 7. The summed E-state index contributed by atoms with van der Waals surface area (Å²) in [5.74, 6) is 1.21. The summed E-state index contributed by atoms with van der Waals surface area (Å²) < 4.78 is 13.7. The minimum atomic E-state index is -0.730. The van der Waals surface area contributed by atoms with Gasteiger partial charge in [0.1, 0.15) is 18.4 Å². The first kappa shape index (κ1) is 28.2. The molecule has 0 radical (unpaired) electrons. The normalized spacial score (nSPS) is 22.1. The molecule has 3 aromatic rings. The Balaban J connectivity index is 1.29. The smallest absolute Gasteiger partial charge is 0.415 e. The molecule has 3 aliphatic rings. The van der Waals surface area contributed by atoms with Gasteiger partial charge in [-0.25, -0.2) is 9.78 Å². The summed E-state index contributed by atoms with van der Waals surface area (Å²) in [5, 5.41) is 0.585. The highest BCUT2D eigenvalue weighted by Gasteiger charge is 2.43. The van der Waals surface area contributed by atoms with Crippen LogP contribution in [0, 0.1) is 12.8 Å². The van der Waals surface area contributed by atoms with Crippen molar-refractivity contribution in [1.82, 2.24) is 29.2 Å². The number of nitrogens with zero attached hydrogens (tertiary/aromatic N) is 6. The van der Waals surface area contributed by atoms with Crippen LogP contribution in [0.25, 0.3) is 0 Å². The molecule has 2 saturated heterocycles. The Morgan fingerprint density at radius 1 is 1.17 bits per heavy atom. The molecular weight excluding hydrogens is 556 g/mol. The SMILES string of the molecule is C=C(C)OC(=O)N1CCN([C@@H]2c3ccc(Cl)cc3OCc3cccnc32)C[C@H]1C(=O)N1CC[C@@H](Cn2cnc(C)c2)C1. The van der Waals surface area contributed by atoms with Crippen molar-refractivity contribution in [2.45, 2.75) is 45.5 Å². The van der Waals surface area contributed by atoms with Gasteiger partial charge < -0.3 is 18.9 Å². The average Bonchev–Trinajstić information content (AvgIpc) is 3.57. The first-order valence-electron chi connectivity index (χ1n) is 14.3. The molecule has 0 N–H and O–H groups in total. The van der Waals surface area contributed by atoms with E-state index in [4.69, 9.17) is 26.1 Å². The van der Waals surface area contributed by atoms with Gasteiger partial charge in [0.05, 0.1) is 29.5 Å². The van der Waals surface area contributed by atoms with E-state index in [0.717, 1.165) is 35.5 Å². The third kappa shape index (κ3) is 5.73. The van der Waals surface area contributed by atoms with Crippen LogP contribution in [-0.4, -0.2) is 80.0 Å². The number of halogens is 1. The molecule has 0 bridgehead atoms. The maximum absolute atomic E-state index is 14.2. The number of fused-ring (bicyclic) bond motifs is 2. The molecule has 0 saturated carbocycles. The number of benzene rings is 1. The highest BCUT2D eigenvalue weighted by atomic mass is 35.5. The Bertz CT molecular complexity index is 1510. The van der Waals surface area contributed by atoms with E-state index in [1.54, 1.807) is 18.0 Å². The molecule has 1 aromatic carbocycles. The van der Waals surface area contributed by atoms with Gasteiger partial charge in [-0.1, -0.05) is 30.3 Å². The molecular formula is C31H35ClN6O4. The molecule has 3 aliphatic heterocycles. The summed E-state index contributed by atoms with van der Waals surface area (Å²) in [4.78, 5) is 42.2. The second-order valence-electron chi connectivity index (χ2n) is 11.3. The second kappa shape index (κ2) is 11.8. The highest BCUT2D eigenvalue weighted by Crippen LogP contribution is 2.41. The van der Waals surface area contributed by atoms with E-state index in [9.17, 15) is 9.59 Å².